The van der Waals surface area contributed by atoms with Gasteiger partial charge >= 0.3 is 5.97 Å². The molecule has 0 heterocycles. The molecular weight excluding hydrogens is 238 g/mol. The third-order valence-electron chi connectivity index (χ3n) is 1.76. The molecule has 0 spiro atoms. The molecule has 0 aliphatic heterocycles. The highest BCUT2D eigenvalue weighted by atomic mass is 32.2. The highest BCUT2D eigenvalue weighted by molar-refractivity contribution is 7.87. The lowest BCUT2D eigenvalue weighted by molar-refractivity contribution is -0.137. The first-order chi connectivity index (χ1) is 7.39. The minimum absolute atomic E-state index is 0.0421. The van der Waals surface area contributed by atoms with Crippen LogP contribution in [0.5, 0.6) is 0 Å². The molecule has 92 valence electrons. The van der Waals surface area contributed by atoms with Gasteiger partial charge in [0.15, 0.2) is 0 Å². The van der Waals surface area contributed by atoms with Crippen molar-refractivity contribution < 1.29 is 23.1 Å². The van der Waals surface area contributed by atoms with Crippen LogP contribution < -0.4 is 14.8 Å². The van der Waals surface area contributed by atoms with Gasteiger partial charge in [0.05, 0.1) is 6.54 Å². The standard InChI is InChI=1S/C7H13N3O5S/c11-6(8-4-7(12)13)3-9-16(14,15)10-5-1-2-5/h5,9-10H,1-4H2,(H,8,11)(H,12,13). The zero-order valence-electron chi connectivity index (χ0n) is 8.39. The first-order valence-electron chi connectivity index (χ1n) is 4.64. The molecule has 0 radical (unpaired) electrons. The van der Waals surface area contributed by atoms with Crippen molar-refractivity contribution >= 4 is 22.1 Å². The predicted octanol–water partition coefficient (Wildman–Crippen LogP) is -2.23. The molecule has 1 aliphatic rings. The molecule has 0 aromatic rings. The van der Waals surface area contributed by atoms with Crippen LogP contribution in [0.3, 0.4) is 0 Å². The zero-order chi connectivity index (χ0) is 12.2. The molecule has 1 amide bonds. The minimum Gasteiger partial charge on any atom is -0.480 e. The van der Waals surface area contributed by atoms with Gasteiger partial charge in [-0.25, -0.2) is 0 Å². The van der Waals surface area contributed by atoms with Crippen molar-refractivity contribution in [3.05, 3.63) is 0 Å². The maximum Gasteiger partial charge on any atom is 0.322 e. The van der Waals surface area contributed by atoms with Gasteiger partial charge in [-0.15, -0.1) is 0 Å². The van der Waals surface area contributed by atoms with Gasteiger partial charge in [0.25, 0.3) is 10.2 Å². The quantitative estimate of drug-likeness (QED) is 0.407. The highest BCUT2D eigenvalue weighted by Gasteiger charge is 2.26. The van der Waals surface area contributed by atoms with Crippen molar-refractivity contribution in [3.63, 3.8) is 0 Å². The van der Waals surface area contributed by atoms with Crippen LogP contribution in [0.4, 0.5) is 0 Å². The van der Waals surface area contributed by atoms with Crippen molar-refractivity contribution in [2.24, 2.45) is 0 Å². The third-order valence-corrected chi connectivity index (χ3v) is 2.93. The summed E-state index contributed by atoms with van der Waals surface area (Å²) in [5.41, 5.74) is 0. The molecule has 1 rings (SSSR count). The Morgan fingerprint density at radius 1 is 1.25 bits per heavy atom. The largest absolute Gasteiger partial charge is 0.480 e. The molecule has 1 aliphatic carbocycles. The minimum atomic E-state index is -3.66. The van der Waals surface area contributed by atoms with Gasteiger partial charge in [-0.2, -0.15) is 17.9 Å². The molecule has 0 bridgehead atoms. The average molecular weight is 251 g/mol. The molecule has 8 nitrogen and oxygen atoms in total. The lowest BCUT2D eigenvalue weighted by atomic mass is 10.5. The summed E-state index contributed by atoms with van der Waals surface area (Å²) in [5, 5.41) is 10.3. The van der Waals surface area contributed by atoms with E-state index >= 15 is 0 Å². The Hall–Kier alpha value is -1.19. The summed E-state index contributed by atoms with van der Waals surface area (Å²) < 4.78 is 26.7. The van der Waals surface area contributed by atoms with Crippen LogP contribution in [0.2, 0.25) is 0 Å². The SMILES string of the molecule is O=C(O)CNC(=O)CNS(=O)(=O)NC1CC1. The van der Waals surface area contributed by atoms with E-state index < -0.39 is 35.2 Å². The number of carbonyl (C=O) groups is 2. The Bertz CT molecular complexity index is 375. The van der Waals surface area contributed by atoms with E-state index in [9.17, 15) is 18.0 Å². The van der Waals surface area contributed by atoms with Gasteiger partial charge in [0.1, 0.15) is 6.54 Å². The Morgan fingerprint density at radius 3 is 2.38 bits per heavy atom. The second kappa shape index (κ2) is 5.23. The number of hydrogen-bond acceptors (Lipinski definition) is 4. The fraction of sp³-hybridized carbons (Fsp3) is 0.714. The molecule has 0 saturated heterocycles. The van der Waals surface area contributed by atoms with E-state index in [1.807, 2.05) is 10.0 Å². The number of carbonyl (C=O) groups excluding carboxylic acids is 1. The van der Waals surface area contributed by atoms with E-state index in [4.69, 9.17) is 5.11 Å². The maximum absolute atomic E-state index is 11.2. The summed E-state index contributed by atoms with van der Waals surface area (Å²) >= 11 is 0. The van der Waals surface area contributed by atoms with Crippen LogP contribution in [0.15, 0.2) is 0 Å². The topological polar surface area (TPSA) is 125 Å². The van der Waals surface area contributed by atoms with Crippen molar-refractivity contribution in [1.82, 2.24) is 14.8 Å². The first kappa shape index (κ1) is 12.9. The molecule has 1 saturated carbocycles. The van der Waals surface area contributed by atoms with Crippen LogP contribution in [-0.2, 0) is 19.8 Å². The second-order valence-electron chi connectivity index (χ2n) is 3.39. The Morgan fingerprint density at radius 2 is 1.88 bits per heavy atom. The molecule has 9 heteroatoms. The maximum atomic E-state index is 11.2. The van der Waals surface area contributed by atoms with Crippen LogP contribution in [0.1, 0.15) is 12.8 Å². The lowest BCUT2D eigenvalue weighted by Crippen LogP contribution is -2.44. The summed E-state index contributed by atoms with van der Waals surface area (Å²) in [6, 6.07) is -0.0421. The van der Waals surface area contributed by atoms with Crippen molar-refractivity contribution in [2.75, 3.05) is 13.1 Å². The number of carboxylic acids is 1. The number of nitrogens with one attached hydrogen (secondary N) is 3. The smallest absolute Gasteiger partial charge is 0.322 e. The molecule has 0 unspecified atom stereocenters. The Labute approximate surface area is 92.6 Å². The molecule has 16 heavy (non-hydrogen) atoms. The summed E-state index contributed by atoms with van der Waals surface area (Å²) in [7, 11) is -3.66. The van der Waals surface area contributed by atoms with Gasteiger partial charge in [-0.1, -0.05) is 0 Å². The summed E-state index contributed by atoms with van der Waals surface area (Å²) in [6.45, 7) is -1.01. The van der Waals surface area contributed by atoms with Gasteiger partial charge in [-0.3, -0.25) is 9.59 Å². The summed E-state index contributed by atoms with van der Waals surface area (Å²) in [6.07, 6.45) is 1.60. The van der Waals surface area contributed by atoms with E-state index in [0.717, 1.165) is 12.8 Å². The van der Waals surface area contributed by atoms with Crippen molar-refractivity contribution in [3.8, 4) is 0 Å². The molecule has 0 aromatic heterocycles. The fourth-order valence-corrected chi connectivity index (χ4v) is 1.94. The molecular formula is C7H13N3O5S. The van der Waals surface area contributed by atoms with Gasteiger partial charge in [0, 0.05) is 6.04 Å². The number of aliphatic carboxylic acids is 1. The van der Waals surface area contributed by atoms with Crippen LogP contribution >= 0.6 is 0 Å². The summed E-state index contributed by atoms with van der Waals surface area (Å²) in [4.78, 5) is 21.1. The van der Waals surface area contributed by atoms with Gasteiger partial charge in [0.2, 0.25) is 5.91 Å². The molecule has 1 fully saturated rings. The number of amides is 1. The lowest BCUT2D eigenvalue weighted by Gasteiger charge is -2.06. The zero-order valence-corrected chi connectivity index (χ0v) is 9.21. The van der Waals surface area contributed by atoms with Crippen LogP contribution in [-0.4, -0.2) is 44.5 Å². The van der Waals surface area contributed by atoms with E-state index in [2.05, 4.69) is 4.72 Å². The highest BCUT2D eigenvalue weighted by Crippen LogP contribution is 2.19. The van der Waals surface area contributed by atoms with Crippen LogP contribution in [0, 0.1) is 0 Å². The van der Waals surface area contributed by atoms with Crippen LogP contribution in [0.25, 0.3) is 0 Å². The number of carboxylic acid groups (broad SMARTS) is 1. The predicted molar refractivity (Wildman–Crippen MR) is 53.7 cm³/mol. The van der Waals surface area contributed by atoms with E-state index in [1.165, 1.54) is 0 Å². The molecule has 0 atom stereocenters. The third kappa shape index (κ3) is 5.63. The van der Waals surface area contributed by atoms with E-state index in [-0.39, 0.29) is 6.04 Å². The van der Waals surface area contributed by atoms with Crippen molar-refractivity contribution in [2.45, 2.75) is 18.9 Å². The van der Waals surface area contributed by atoms with Gasteiger partial charge < -0.3 is 10.4 Å². The monoisotopic (exact) mass is 251 g/mol. The van der Waals surface area contributed by atoms with E-state index in [0.29, 0.717) is 0 Å². The molecule has 0 aromatic carbocycles. The Kier molecular flexibility index (Phi) is 4.21. The summed E-state index contributed by atoms with van der Waals surface area (Å²) in [5.74, 6) is -1.88. The second-order valence-corrected chi connectivity index (χ2v) is 4.92. The number of rotatable bonds is 7. The van der Waals surface area contributed by atoms with Crippen molar-refractivity contribution in [1.29, 1.82) is 0 Å². The average Bonchev–Trinajstić information content (AvgIpc) is 2.94. The first-order valence-corrected chi connectivity index (χ1v) is 6.13. The number of hydrogen-bond donors (Lipinski definition) is 4. The molecule has 4 N–H and O–H groups in total. The fourth-order valence-electron chi connectivity index (χ4n) is 0.860. The van der Waals surface area contributed by atoms with E-state index in [1.54, 1.807) is 0 Å². The Balaban J connectivity index is 2.21. The van der Waals surface area contributed by atoms with Gasteiger partial charge in [-0.05, 0) is 12.8 Å². The normalized spacial score (nSPS) is 15.8.